The molecule has 2 amide bonds. The highest BCUT2D eigenvalue weighted by atomic mass is 16.4. The summed E-state index contributed by atoms with van der Waals surface area (Å²) in [5.41, 5.74) is 4.91. The minimum atomic E-state index is -1.34. The summed E-state index contributed by atoms with van der Waals surface area (Å²) in [6.07, 6.45) is 0. The van der Waals surface area contributed by atoms with Crippen molar-refractivity contribution in [3.05, 3.63) is 29.8 Å². The molecule has 1 rings (SSSR count). The van der Waals surface area contributed by atoms with E-state index in [1.807, 2.05) is 5.32 Å². The van der Waals surface area contributed by atoms with Crippen molar-refractivity contribution in [2.75, 3.05) is 0 Å². The smallest absolute Gasteiger partial charge is 0.331 e. The van der Waals surface area contributed by atoms with Crippen LogP contribution in [0, 0.1) is 0 Å². The first-order chi connectivity index (χ1) is 7.02. The highest BCUT2D eigenvalue weighted by Gasteiger charge is 2.23. The molecular weight excluding hydrogens is 200 g/mol. The van der Waals surface area contributed by atoms with Crippen molar-refractivity contribution in [1.82, 2.24) is 5.32 Å². The quantitative estimate of drug-likeness (QED) is 0.570. The molecule has 1 aromatic carbocycles. The molecule has 1 atom stereocenters. The fourth-order valence-electron chi connectivity index (χ4n) is 1.15. The normalized spacial score (nSPS) is 11.7. The van der Waals surface area contributed by atoms with Crippen LogP contribution in [0.5, 0.6) is 5.75 Å². The maximum atomic E-state index is 10.8. The largest absolute Gasteiger partial charge is 0.508 e. The van der Waals surface area contributed by atoms with E-state index in [0.29, 0.717) is 0 Å². The number of carbonyl (C=O) groups excluding carboxylic acids is 1. The monoisotopic (exact) mass is 210 g/mol. The molecule has 0 heterocycles. The Hall–Kier alpha value is -2.24. The minimum Gasteiger partial charge on any atom is -0.508 e. The fourth-order valence-corrected chi connectivity index (χ4v) is 1.15. The molecule has 15 heavy (non-hydrogen) atoms. The highest BCUT2D eigenvalue weighted by Crippen LogP contribution is 2.23. The van der Waals surface area contributed by atoms with E-state index in [0.717, 1.165) is 0 Å². The Balaban J connectivity index is 3.04. The van der Waals surface area contributed by atoms with E-state index in [2.05, 4.69) is 0 Å². The maximum Gasteiger partial charge on any atom is 0.331 e. The third-order valence-corrected chi connectivity index (χ3v) is 1.78. The summed E-state index contributed by atoms with van der Waals surface area (Å²) in [6, 6.07) is 3.50. The average Bonchev–Trinajstić information content (AvgIpc) is 2.15. The molecular formula is C9H10N2O4. The number of urea groups is 1. The number of primary amides is 1. The molecule has 0 saturated heterocycles. The van der Waals surface area contributed by atoms with Gasteiger partial charge in [0, 0.05) is 5.56 Å². The van der Waals surface area contributed by atoms with Crippen LogP contribution in [0.3, 0.4) is 0 Å². The Kier molecular flexibility index (Phi) is 3.12. The first-order valence-electron chi connectivity index (χ1n) is 4.09. The lowest BCUT2D eigenvalue weighted by Gasteiger charge is -2.14. The van der Waals surface area contributed by atoms with Gasteiger partial charge < -0.3 is 21.3 Å². The van der Waals surface area contributed by atoms with E-state index >= 15 is 0 Å². The molecule has 0 fully saturated rings. The number of aliphatic carboxylic acids is 1. The van der Waals surface area contributed by atoms with Gasteiger partial charge in [0.05, 0.1) is 0 Å². The number of amides is 2. The Morgan fingerprint density at radius 2 is 1.93 bits per heavy atom. The number of hydrogen-bond donors (Lipinski definition) is 4. The van der Waals surface area contributed by atoms with E-state index in [4.69, 9.17) is 10.8 Å². The fraction of sp³-hybridized carbons (Fsp3) is 0.111. The van der Waals surface area contributed by atoms with Crippen molar-refractivity contribution < 1.29 is 19.8 Å². The first kappa shape index (κ1) is 10.8. The second-order valence-corrected chi connectivity index (χ2v) is 2.84. The molecule has 80 valence electrons. The van der Waals surface area contributed by atoms with Crippen molar-refractivity contribution in [2.24, 2.45) is 5.73 Å². The number of benzene rings is 1. The Labute approximate surface area is 85.3 Å². The lowest BCUT2D eigenvalue weighted by Crippen LogP contribution is -2.37. The van der Waals surface area contributed by atoms with Gasteiger partial charge in [-0.2, -0.15) is 0 Å². The number of aromatic hydroxyl groups is 1. The van der Waals surface area contributed by atoms with Crippen LogP contribution < -0.4 is 11.1 Å². The number of para-hydroxylation sites is 1. The molecule has 0 aromatic heterocycles. The predicted molar refractivity (Wildman–Crippen MR) is 51.2 cm³/mol. The molecule has 6 heteroatoms. The summed E-state index contributed by atoms with van der Waals surface area (Å²) >= 11 is 0. The summed E-state index contributed by atoms with van der Waals surface area (Å²) in [7, 11) is 0. The van der Waals surface area contributed by atoms with Gasteiger partial charge in [-0.25, -0.2) is 9.59 Å². The summed E-state index contributed by atoms with van der Waals surface area (Å²) < 4.78 is 0. The van der Waals surface area contributed by atoms with Gasteiger partial charge in [0.15, 0.2) is 6.04 Å². The Morgan fingerprint density at radius 1 is 1.33 bits per heavy atom. The van der Waals surface area contributed by atoms with Crippen LogP contribution in [-0.2, 0) is 4.79 Å². The second kappa shape index (κ2) is 4.32. The van der Waals surface area contributed by atoms with Gasteiger partial charge in [-0.3, -0.25) is 0 Å². The zero-order valence-electron chi connectivity index (χ0n) is 7.68. The third-order valence-electron chi connectivity index (χ3n) is 1.78. The summed E-state index contributed by atoms with van der Waals surface area (Å²) in [6.45, 7) is 0. The number of rotatable bonds is 3. The SMILES string of the molecule is NC(=O)N[C@@H](C(=O)O)c1ccccc1O. The number of carbonyl (C=O) groups is 2. The molecule has 0 aliphatic carbocycles. The molecule has 1 aromatic rings. The van der Waals surface area contributed by atoms with Gasteiger partial charge in [0.1, 0.15) is 5.75 Å². The van der Waals surface area contributed by atoms with Gasteiger partial charge in [-0.05, 0) is 6.07 Å². The maximum absolute atomic E-state index is 10.8. The summed E-state index contributed by atoms with van der Waals surface area (Å²) in [5, 5.41) is 20.2. The number of carboxylic acid groups (broad SMARTS) is 1. The molecule has 0 saturated carbocycles. The molecule has 0 bridgehead atoms. The second-order valence-electron chi connectivity index (χ2n) is 2.84. The lowest BCUT2D eigenvalue weighted by atomic mass is 10.1. The zero-order chi connectivity index (χ0) is 11.4. The zero-order valence-corrected chi connectivity index (χ0v) is 7.68. The van der Waals surface area contributed by atoms with Crippen LogP contribution >= 0.6 is 0 Å². The molecule has 5 N–H and O–H groups in total. The van der Waals surface area contributed by atoms with Crippen molar-refractivity contribution in [3.63, 3.8) is 0 Å². The predicted octanol–water partition coefficient (Wildman–Crippen LogP) is 0.186. The van der Waals surface area contributed by atoms with Crippen LogP contribution in [0.2, 0.25) is 0 Å². The number of carboxylic acids is 1. The number of nitrogens with one attached hydrogen (secondary N) is 1. The number of hydrogen-bond acceptors (Lipinski definition) is 3. The van der Waals surface area contributed by atoms with E-state index < -0.39 is 18.0 Å². The topological polar surface area (TPSA) is 113 Å². The van der Waals surface area contributed by atoms with Gasteiger partial charge in [-0.15, -0.1) is 0 Å². The first-order valence-corrected chi connectivity index (χ1v) is 4.09. The van der Waals surface area contributed by atoms with E-state index in [1.165, 1.54) is 12.1 Å². The molecule has 0 unspecified atom stereocenters. The van der Waals surface area contributed by atoms with Gasteiger partial charge in [-0.1, -0.05) is 18.2 Å². The number of nitrogens with two attached hydrogens (primary N) is 1. The van der Waals surface area contributed by atoms with E-state index in [-0.39, 0.29) is 11.3 Å². The highest BCUT2D eigenvalue weighted by molar-refractivity contribution is 5.83. The van der Waals surface area contributed by atoms with Gasteiger partial charge in [0.2, 0.25) is 0 Å². The molecule has 6 nitrogen and oxygen atoms in total. The van der Waals surface area contributed by atoms with E-state index in [9.17, 15) is 14.7 Å². The average molecular weight is 210 g/mol. The van der Waals surface area contributed by atoms with Crippen LogP contribution in [0.4, 0.5) is 4.79 Å². The van der Waals surface area contributed by atoms with Crippen molar-refractivity contribution in [2.45, 2.75) is 6.04 Å². The Morgan fingerprint density at radius 3 is 2.40 bits per heavy atom. The number of phenols is 1. The van der Waals surface area contributed by atoms with Crippen LogP contribution in [-0.4, -0.2) is 22.2 Å². The van der Waals surface area contributed by atoms with Gasteiger partial charge >= 0.3 is 12.0 Å². The van der Waals surface area contributed by atoms with Crippen molar-refractivity contribution >= 4 is 12.0 Å². The summed E-state index contributed by atoms with van der Waals surface area (Å²) in [5.74, 6) is -1.51. The van der Waals surface area contributed by atoms with Crippen LogP contribution in [0.15, 0.2) is 24.3 Å². The molecule has 0 aliphatic rings. The lowest BCUT2D eigenvalue weighted by molar-refractivity contribution is -0.139. The van der Waals surface area contributed by atoms with Gasteiger partial charge in [0.25, 0.3) is 0 Å². The van der Waals surface area contributed by atoms with E-state index in [1.54, 1.807) is 12.1 Å². The van der Waals surface area contributed by atoms with Crippen LogP contribution in [0.25, 0.3) is 0 Å². The summed E-state index contributed by atoms with van der Waals surface area (Å²) in [4.78, 5) is 21.4. The van der Waals surface area contributed by atoms with Crippen molar-refractivity contribution in [1.29, 1.82) is 0 Å². The molecule has 0 radical (unpaired) electrons. The number of phenolic OH excluding ortho intramolecular Hbond substituents is 1. The third kappa shape index (κ3) is 2.60. The standard InChI is InChI=1S/C9H10N2O4/c10-9(15)11-7(8(13)14)5-3-1-2-4-6(5)12/h1-4,7,12H,(H,13,14)(H3,10,11,15)/t7-/m1/s1. The van der Waals surface area contributed by atoms with Crippen molar-refractivity contribution in [3.8, 4) is 5.75 Å². The minimum absolute atomic E-state index is 0.0869. The van der Waals surface area contributed by atoms with Crippen LogP contribution in [0.1, 0.15) is 11.6 Å². The molecule has 0 aliphatic heterocycles. The molecule has 0 spiro atoms. The Bertz CT molecular complexity index is 391.